The van der Waals surface area contributed by atoms with Crippen molar-refractivity contribution in [1.29, 1.82) is 0 Å². The monoisotopic (exact) mass is 456 g/mol. The molecule has 3 N–H and O–H groups in total. The first-order valence-electron chi connectivity index (χ1n) is 11.4. The molecule has 172 valence electrons. The summed E-state index contributed by atoms with van der Waals surface area (Å²) in [6.07, 6.45) is 6.38. The number of rotatable bonds is 6. The van der Waals surface area contributed by atoms with Gasteiger partial charge in [0.15, 0.2) is 5.82 Å². The van der Waals surface area contributed by atoms with Crippen molar-refractivity contribution >= 4 is 27.9 Å². The molecule has 1 aliphatic heterocycles. The molecule has 1 atom stereocenters. The van der Waals surface area contributed by atoms with Crippen LogP contribution in [0.25, 0.3) is 16.4 Å². The summed E-state index contributed by atoms with van der Waals surface area (Å²) in [5.41, 5.74) is 11.0. The molecular weight excluding hydrogens is 431 g/mol. The normalized spacial score (nSPS) is 16.6. The van der Waals surface area contributed by atoms with Gasteiger partial charge in [-0.15, -0.1) is 0 Å². The minimum absolute atomic E-state index is 0.242. The van der Waals surface area contributed by atoms with Crippen molar-refractivity contribution in [1.82, 2.24) is 29.3 Å². The molecule has 2 aromatic carbocycles. The van der Waals surface area contributed by atoms with Gasteiger partial charge in [0, 0.05) is 42.9 Å². The van der Waals surface area contributed by atoms with Gasteiger partial charge >= 0.3 is 0 Å². The fraction of sp³-hybridized carbons (Fsp3) is 0.240. The zero-order valence-electron chi connectivity index (χ0n) is 18.6. The summed E-state index contributed by atoms with van der Waals surface area (Å²) in [5, 5.41) is 13.3. The van der Waals surface area contributed by atoms with Crippen molar-refractivity contribution < 1.29 is 4.39 Å². The lowest BCUT2D eigenvalue weighted by Gasteiger charge is -2.15. The molecule has 0 amide bonds. The van der Waals surface area contributed by atoms with Gasteiger partial charge in [0.2, 0.25) is 0 Å². The second-order valence-electron chi connectivity index (χ2n) is 8.86. The molecule has 4 heterocycles. The van der Waals surface area contributed by atoms with E-state index >= 15 is 0 Å². The van der Waals surface area contributed by atoms with E-state index in [2.05, 4.69) is 31.5 Å². The molecule has 0 radical (unpaired) electrons. The van der Waals surface area contributed by atoms with Crippen LogP contribution in [0.4, 0.5) is 15.9 Å². The fourth-order valence-electron chi connectivity index (χ4n) is 4.72. The number of nitrogens with zero attached hydrogens (tertiary/aromatic N) is 6. The molecular formula is C25H25FN8. The molecule has 1 fully saturated rings. The first-order chi connectivity index (χ1) is 16.6. The average molecular weight is 457 g/mol. The van der Waals surface area contributed by atoms with Crippen LogP contribution in [0.2, 0.25) is 0 Å². The van der Waals surface area contributed by atoms with Gasteiger partial charge < -0.3 is 11.1 Å². The third kappa shape index (κ3) is 4.00. The van der Waals surface area contributed by atoms with Gasteiger partial charge in [-0.25, -0.2) is 13.9 Å². The highest BCUT2D eigenvalue weighted by Crippen LogP contribution is 2.27. The van der Waals surface area contributed by atoms with E-state index in [0.717, 1.165) is 59.5 Å². The van der Waals surface area contributed by atoms with Gasteiger partial charge in [-0.2, -0.15) is 10.2 Å². The fourth-order valence-corrected chi connectivity index (χ4v) is 4.72. The number of hydrogen-bond donors (Lipinski definition) is 2. The van der Waals surface area contributed by atoms with Gasteiger partial charge in [-0.1, -0.05) is 12.1 Å². The lowest BCUT2D eigenvalue weighted by atomic mass is 10.2. The van der Waals surface area contributed by atoms with Crippen LogP contribution in [0.5, 0.6) is 0 Å². The number of nitrogens with two attached hydrogens (primary N) is 1. The summed E-state index contributed by atoms with van der Waals surface area (Å²) < 4.78 is 17.3. The number of benzene rings is 2. The van der Waals surface area contributed by atoms with E-state index in [4.69, 9.17) is 5.73 Å². The Hall–Kier alpha value is -3.82. The maximum Gasteiger partial charge on any atom is 0.158 e. The quantitative estimate of drug-likeness (QED) is 0.406. The van der Waals surface area contributed by atoms with E-state index in [9.17, 15) is 4.39 Å². The Morgan fingerprint density at radius 1 is 1.09 bits per heavy atom. The first kappa shape index (κ1) is 20.8. The van der Waals surface area contributed by atoms with Crippen LogP contribution in [0.15, 0.2) is 67.3 Å². The summed E-state index contributed by atoms with van der Waals surface area (Å²) in [6.45, 7) is 3.24. The van der Waals surface area contributed by atoms with Crippen LogP contribution in [-0.4, -0.2) is 48.4 Å². The third-order valence-corrected chi connectivity index (χ3v) is 6.37. The molecule has 0 aliphatic carbocycles. The minimum atomic E-state index is -0.242. The molecule has 8 nitrogen and oxygen atoms in total. The van der Waals surface area contributed by atoms with Crippen molar-refractivity contribution in [2.24, 2.45) is 5.73 Å². The smallest absolute Gasteiger partial charge is 0.158 e. The van der Waals surface area contributed by atoms with Gasteiger partial charge in [-0.05, 0) is 53.9 Å². The third-order valence-electron chi connectivity index (χ3n) is 6.37. The number of aromatic nitrogens is 5. The Bertz CT molecular complexity index is 1470. The average Bonchev–Trinajstić information content (AvgIpc) is 3.54. The summed E-state index contributed by atoms with van der Waals surface area (Å²) >= 11 is 0. The molecule has 1 aliphatic rings. The van der Waals surface area contributed by atoms with Gasteiger partial charge in [0.1, 0.15) is 17.7 Å². The van der Waals surface area contributed by atoms with Crippen LogP contribution >= 0.6 is 0 Å². The van der Waals surface area contributed by atoms with Gasteiger partial charge in [0.05, 0.1) is 18.3 Å². The van der Waals surface area contributed by atoms with Crippen molar-refractivity contribution in [2.75, 3.05) is 18.4 Å². The molecule has 5 aromatic rings. The summed E-state index contributed by atoms with van der Waals surface area (Å²) in [6, 6.07) is 15.0. The lowest BCUT2D eigenvalue weighted by molar-refractivity contribution is 0.328. The van der Waals surface area contributed by atoms with Gasteiger partial charge in [0.25, 0.3) is 0 Å². The van der Waals surface area contributed by atoms with E-state index in [-0.39, 0.29) is 11.9 Å². The molecule has 0 bridgehead atoms. The van der Waals surface area contributed by atoms with Crippen LogP contribution in [-0.2, 0) is 13.1 Å². The SMILES string of the molecule is N[C@H]1CCN(Cc2ccn3ncnc(Nc4ccc5c(cnn5Cc5cccc(F)c5)c4)c23)C1. The van der Waals surface area contributed by atoms with E-state index in [0.29, 0.717) is 6.54 Å². The number of halogens is 1. The van der Waals surface area contributed by atoms with Crippen LogP contribution < -0.4 is 11.1 Å². The van der Waals surface area contributed by atoms with Crippen LogP contribution in [0.1, 0.15) is 17.5 Å². The number of nitrogens with one attached hydrogen (secondary N) is 1. The molecule has 1 saturated heterocycles. The second-order valence-corrected chi connectivity index (χ2v) is 8.86. The highest BCUT2D eigenvalue weighted by Gasteiger charge is 2.21. The number of anilines is 2. The molecule has 0 unspecified atom stereocenters. The van der Waals surface area contributed by atoms with E-state index in [1.165, 1.54) is 17.7 Å². The number of hydrogen-bond acceptors (Lipinski definition) is 6. The zero-order chi connectivity index (χ0) is 23.1. The summed E-state index contributed by atoms with van der Waals surface area (Å²) in [5.74, 6) is 0.513. The predicted molar refractivity (Wildman–Crippen MR) is 129 cm³/mol. The first-order valence-corrected chi connectivity index (χ1v) is 11.4. The molecule has 9 heteroatoms. The lowest BCUT2D eigenvalue weighted by Crippen LogP contribution is -2.26. The Balaban J connectivity index is 1.27. The summed E-state index contributed by atoms with van der Waals surface area (Å²) in [7, 11) is 0. The second kappa shape index (κ2) is 8.51. The van der Waals surface area contributed by atoms with Crippen molar-refractivity contribution in [3.05, 3.63) is 84.2 Å². The molecule has 34 heavy (non-hydrogen) atoms. The van der Waals surface area contributed by atoms with Crippen molar-refractivity contribution in [3.63, 3.8) is 0 Å². The predicted octanol–water partition coefficient (Wildman–Crippen LogP) is 3.54. The maximum atomic E-state index is 13.6. The van der Waals surface area contributed by atoms with Crippen LogP contribution in [0, 0.1) is 5.82 Å². The van der Waals surface area contributed by atoms with E-state index in [1.54, 1.807) is 12.4 Å². The molecule has 0 spiro atoms. The molecule has 3 aromatic heterocycles. The zero-order valence-corrected chi connectivity index (χ0v) is 18.6. The number of fused-ring (bicyclic) bond motifs is 2. The topological polar surface area (TPSA) is 89.3 Å². The van der Waals surface area contributed by atoms with E-state index < -0.39 is 0 Å². The number of likely N-dealkylation sites (tertiary alicyclic amines) is 1. The standard InChI is InChI=1S/C25H25FN8/c26-20-3-1-2-17(10-20)13-34-23-5-4-22(11-19(23)12-29-34)31-25-24-18(6-9-33(24)30-16-28-25)14-32-8-7-21(27)15-32/h1-6,9-12,16,21H,7-8,13-15,27H2,(H,28,30,31)/t21-/m0/s1. The Kier molecular flexibility index (Phi) is 5.20. The van der Waals surface area contributed by atoms with E-state index in [1.807, 2.05) is 45.9 Å². The highest BCUT2D eigenvalue weighted by molar-refractivity contribution is 5.85. The van der Waals surface area contributed by atoms with Gasteiger partial charge in [-0.3, -0.25) is 9.58 Å². The summed E-state index contributed by atoms with van der Waals surface area (Å²) in [4.78, 5) is 6.90. The minimum Gasteiger partial charge on any atom is -0.338 e. The molecule has 0 saturated carbocycles. The largest absolute Gasteiger partial charge is 0.338 e. The highest BCUT2D eigenvalue weighted by atomic mass is 19.1. The Morgan fingerprint density at radius 2 is 2.03 bits per heavy atom. The Morgan fingerprint density at radius 3 is 2.88 bits per heavy atom. The van der Waals surface area contributed by atoms with Crippen LogP contribution in [0.3, 0.4) is 0 Å². The maximum absolute atomic E-state index is 13.6. The molecule has 6 rings (SSSR count). The Labute approximate surface area is 195 Å². The van der Waals surface area contributed by atoms with Crippen molar-refractivity contribution in [3.8, 4) is 0 Å². The van der Waals surface area contributed by atoms with Crippen molar-refractivity contribution in [2.45, 2.75) is 25.6 Å².